The molecule has 0 unspecified atom stereocenters. The normalized spacial score (nSPS) is 10.9. The number of hydrogen-bond acceptors (Lipinski definition) is 5. The molecule has 106 valence electrons. The minimum Gasteiger partial charge on any atom is -0.464 e. The summed E-state index contributed by atoms with van der Waals surface area (Å²) >= 11 is 0. The number of ether oxygens (including phenoxy) is 2. The Bertz CT molecular complexity index is 448. The van der Waals surface area contributed by atoms with E-state index >= 15 is 0 Å². The lowest BCUT2D eigenvalue weighted by Gasteiger charge is -2.19. The number of aromatic nitrogens is 2. The van der Waals surface area contributed by atoms with Gasteiger partial charge in [0.25, 0.3) is 0 Å². The van der Waals surface area contributed by atoms with E-state index in [-0.39, 0.29) is 5.69 Å². The van der Waals surface area contributed by atoms with Gasteiger partial charge in [-0.2, -0.15) is 0 Å². The lowest BCUT2D eigenvalue weighted by molar-refractivity contribution is 0.0524. The van der Waals surface area contributed by atoms with E-state index in [1.54, 1.807) is 31.5 Å². The Morgan fingerprint density at radius 2 is 2.11 bits per heavy atom. The molecule has 0 atom stereocenters. The number of rotatable bonds is 4. The average molecular weight is 269 g/mol. The van der Waals surface area contributed by atoms with E-state index in [1.165, 1.54) is 13.4 Å². The van der Waals surface area contributed by atoms with Gasteiger partial charge in [-0.15, -0.1) is 0 Å². The molecule has 1 N–H and O–H groups in total. The number of amides is 1. The number of carbonyl (C=O) groups is 2. The first-order valence-electron chi connectivity index (χ1n) is 5.89. The summed E-state index contributed by atoms with van der Waals surface area (Å²) in [6.45, 7) is 6.26. The number of nitrogens with one attached hydrogen (secondary N) is 1. The molecule has 1 rings (SSSR count). The fourth-order valence-corrected chi connectivity index (χ4v) is 1.29. The molecule has 0 fully saturated rings. The van der Waals surface area contributed by atoms with Crippen LogP contribution in [0.1, 0.15) is 31.3 Å². The lowest BCUT2D eigenvalue weighted by atomic mass is 10.2. The van der Waals surface area contributed by atoms with Gasteiger partial charge < -0.3 is 19.4 Å². The van der Waals surface area contributed by atoms with E-state index < -0.39 is 17.7 Å². The summed E-state index contributed by atoms with van der Waals surface area (Å²) in [5, 5.41) is 2.61. The summed E-state index contributed by atoms with van der Waals surface area (Å²) in [6, 6.07) is 0. The van der Waals surface area contributed by atoms with Crippen LogP contribution in [-0.4, -0.2) is 40.9 Å². The molecule has 0 spiro atoms. The van der Waals surface area contributed by atoms with Crippen molar-refractivity contribution < 1.29 is 19.1 Å². The van der Waals surface area contributed by atoms with E-state index in [0.29, 0.717) is 13.1 Å². The molecule has 0 aliphatic rings. The molecular formula is C12H19N3O4. The highest BCUT2D eigenvalue weighted by Crippen LogP contribution is 2.06. The molecule has 1 heterocycles. The van der Waals surface area contributed by atoms with Gasteiger partial charge in [0, 0.05) is 19.3 Å². The van der Waals surface area contributed by atoms with E-state index in [4.69, 9.17) is 4.74 Å². The van der Waals surface area contributed by atoms with Crippen molar-refractivity contribution in [3.05, 3.63) is 18.2 Å². The Morgan fingerprint density at radius 3 is 2.68 bits per heavy atom. The first-order chi connectivity index (χ1) is 8.81. The molecular weight excluding hydrogens is 250 g/mol. The summed E-state index contributed by atoms with van der Waals surface area (Å²) in [5.41, 5.74) is -0.281. The van der Waals surface area contributed by atoms with Crippen LogP contribution in [0.3, 0.4) is 0 Å². The van der Waals surface area contributed by atoms with E-state index in [0.717, 1.165) is 0 Å². The lowest BCUT2D eigenvalue weighted by Crippen LogP contribution is -2.34. The molecule has 7 nitrogen and oxygen atoms in total. The van der Waals surface area contributed by atoms with Gasteiger partial charge in [-0.25, -0.2) is 14.6 Å². The second kappa shape index (κ2) is 6.21. The maximum atomic E-state index is 11.4. The summed E-state index contributed by atoms with van der Waals surface area (Å²) in [5.74, 6) is -0.487. The molecule has 0 aromatic carbocycles. The molecule has 1 amide bonds. The van der Waals surface area contributed by atoms with Gasteiger partial charge in [0.2, 0.25) is 0 Å². The molecule has 0 radical (unpaired) electrons. The molecule has 0 saturated carbocycles. The van der Waals surface area contributed by atoms with Gasteiger partial charge in [-0.1, -0.05) is 0 Å². The molecule has 0 bridgehead atoms. The van der Waals surface area contributed by atoms with Gasteiger partial charge in [-0.05, 0) is 20.8 Å². The van der Waals surface area contributed by atoms with E-state index in [1.807, 2.05) is 0 Å². The summed E-state index contributed by atoms with van der Waals surface area (Å²) < 4.78 is 11.3. The fraction of sp³-hybridized carbons (Fsp3) is 0.583. The minimum atomic E-state index is -0.517. The van der Waals surface area contributed by atoms with E-state index in [9.17, 15) is 9.59 Å². The Labute approximate surface area is 111 Å². The number of alkyl carbamates (subject to hydrolysis) is 1. The molecule has 1 aromatic heterocycles. The van der Waals surface area contributed by atoms with Crippen molar-refractivity contribution in [1.29, 1.82) is 0 Å². The first kappa shape index (κ1) is 15.0. The molecule has 0 aliphatic heterocycles. The Kier molecular flexibility index (Phi) is 4.91. The Balaban J connectivity index is 2.35. The van der Waals surface area contributed by atoms with Crippen LogP contribution in [0.5, 0.6) is 0 Å². The summed E-state index contributed by atoms with van der Waals surface area (Å²) in [7, 11) is 1.30. The predicted octanol–water partition coefficient (Wildman–Crippen LogP) is 1.19. The van der Waals surface area contributed by atoms with Crippen LogP contribution in [0.4, 0.5) is 4.79 Å². The third kappa shape index (κ3) is 5.41. The monoisotopic (exact) mass is 269 g/mol. The van der Waals surface area contributed by atoms with Crippen molar-refractivity contribution in [3.8, 4) is 0 Å². The van der Waals surface area contributed by atoms with Gasteiger partial charge in [0.05, 0.1) is 13.4 Å². The van der Waals surface area contributed by atoms with Crippen LogP contribution < -0.4 is 5.32 Å². The molecule has 1 aromatic rings. The number of hydrogen-bond donors (Lipinski definition) is 1. The van der Waals surface area contributed by atoms with Gasteiger partial charge in [-0.3, -0.25) is 0 Å². The third-order valence-electron chi connectivity index (χ3n) is 2.07. The smallest absolute Gasteiger partial charge is 0.407 e. The predicted molar refractivity (Wildman–Crippen MR) is 67.8 cm³/mol. The van der Waals surface area contributed by atoms with Crippen LogP contribution in [0.2, 0.25) is 0 Å². The van der Waals surface area contributed by atoms with Crippen LogP contribution in [-0.2, 0) is 16.0 Å². The summed E-state index contributed by atoms with van der Waals surface area (Å²) in [4.78, 5) is 26.4. The highest BCUT2D eigenvalue weighted by atomic mass is 16.6. The second-order valence-electron chi connectivity index (χ2n) is 4.92. The van der Waals surface area contributed by atoms with Crippen molar-refractivity contribution in [2.24, 2.45) is 0 Å². The maximum Gasteiger partial charge on any atom is 0.407 e. The van der Waals surface area contributed by atoms with Crippen molar-refractivity contribution in [2.45, 2.75) is 32.9 Å². The number of carbonyl (C=O) groups excluding carboxylic acids is 2. The van der Waals surface area contributed by atoms with E-state index in [2.05, 4.69) is 15.0 Å². The fourth-order valence-electron chi connectivity index (χ4n) is 1.29. The maximum absolute atomic E-state index is 11.4. The zero-order valence-corrected chi connectivity index (χ0v) is 11.6. The Morgan fingerprint density at radius 1 is 1.42 bits per heavy atom. The first-order valence-corrected chi connectivity index (χ1v) is 5.89. The highest BCUT2D eigenvalue weighted by molar-refractivity contribution is 5.86. The summed E-state index contributed by atoms with van der Waals surface area (Å²) in [6.07, 6.45) is 2.59. The van der Waals surface area contributed by atoms with Crippen LogP contribution in [0, 0.1) is 0 Å². The highest BCUT2D eigenvalue weighted by Gasteiger charge is 2.15. The number of nitrogens with zero attached hydrogens (tertiary/aromatic N) is 2. The van der Waals surface area contributed by atoms with Crippen molar-refractivity contribution in [3.63, 3.8) is 0 Å². The molecule has 19 heavy (non-hydrogen) atoms. The van der Waals surface area contributed by atoms with Gasteiger partial charge in [0.15, 0.2) is 5.69 Å². The quantitative estimate of drug-likeness (QED) is 0.830. The second-order valence-corrected chi connectivity index (χ2v) is 4.92. The average Bonchev–Trinajstić information content (AvgIpc) is 2.74. The minimum absolute atomic E-state index is 0.236. The third-order valence-corrected chi connectivity index (χ3v) is 2.07. The SMILES string of the molecule is COC(=O)c1cn(CCNC(=O)OC(C)(C)C)cn1. The van der Waals surface area contributed by atoms with Crippen LogP contribution >= 0.6 is 0 Å². The Hall–Kier alpha value is -2.05. The van der Waals surface area contributed by atoms with Crippen molar-refractivity contribution in [2.75, 3.05) is 13.7 Å². The number of imidazole rings is 1. The van der Waals surface area contributed by atoms with Gasteiger partial charge >= 0.3 is 12.1 Å². The molecule has 7 heteroatoms. The van der Waals surface area contributed by atoms with Crippen LogP contribution in [0.15, 0.2) is 12.5 Å². The zero-order chi connectivity index (χ0) is 14.5. The number of esters is 1. The zero-order valence-electron chi connectivity index (χ0n) is 11.6. The van der Waals surface area contributed by atoms with Crippen molar-refractivity contribution in [1.82, 2.24) is 14.9 Å². The van der Waals surface area contributed by atoms with Crippen molar-refractivity contribution >= 4 is 12.1 Å². The topological polar surface area (TPSA) is 82.5 Å². The molecule has 0 aliphatic carbocycles. The largest absolute Gasteiger partial charge is 0.464 e. The van der Waals surface area contributed by atoms with Gasteiger partial charge in [0.1, 0.15) is 5.60 Å². The van der Waals surface area contributed by atoms with Crippen LogP contribution in [0.25, 0.3) is 0 Å². The number of methoxy groups -OCH3 is 1. The molecule has 0 saturated heterocycles. The standard InChI is InChI=1S/C12H19N3O4/c1-12(2,3)19-11(17)13-5-6-15-7-9(14-8-15)10(16)18-4/h7-8H,5-6H2,1-4H3,(H,13,17).